The molecule has 0 atom stereocenters. The minimum atomic E-state index is 0. The maximum Gasteiger partial charge on any atom is 0.0319 e. The van der Waals surface area contributed by atoms with Crippen molar-refractivity contribution in [3.63, 3.8) is 0 Å². The van der Waals surface area contributed by atoms with E-state index in [1.165, 1.54) is 0 Å². The van der Waals surface area contributed by atoms with E-state index in [2.05, 4.69) is 0 Å². The molecule has 0 aliphatic rings. The Kier molecular flexibility index (Phi) is 1380000. The molecule has 3 heteroatoms. The van der Waals surface area contributed by atoms with E-state index in [-0.39, 0.29) is 44.6 Å². The fraction of sp³-hybridized carbons (Fsp3) is 1.00. The predicted molar refractivity (Wildman–Crippen MR) is 76.2 cm³/mol. The van der Waals surface area contributed by atoms with Crippen molar-refractivity contribution in [1.82, 2.24) is 0 Å². The topological polar surface area (TPSA) is 60.7 Å². The summed E-state index contributed by atoms with van der Waals surface area (Å²) in [5.41, 5.74) is 0. The molecule has 0 fully saturated rings. The van der Waals surface area contributed by atoms with Crippen LogP contribution in [0.4, 0.5) is 0 Å². The van der Waals surface area contributed by atoms with Gasteiger partial charge in [0.15, 0.2) is 0 Å². The van der Waals surface area contributed by atoms with Gasteiger partial charge in [-0.05, 0) is 0 Å². The van der Waals surface area contributed by atoms with Crippen molar-refractivity contribution >= 4 is 0 Å². The predicted octanol–water partition coefficient (Wildman–Crippen LogP) is 3.67. The SMILES string of the molecule is C.C.C.C.C.C.CC.CO.CO.CO. The first-order valence-corrected chi connectivity index (χ1v) is 2.34. The van der Waals surface area contributed by atoms with Crippen molar-refractivity contribution in [3.8, 4) is 0 Å². The van der Waals surface area contributed by atoms with Crippen molar-refractivity contribution in [2.75, 3.05) is 21.3 Å². The zero-order chi connectivity index (χ0) is 8.00. The lowest BCUT2D eigenvalue weighted by Gasteiger charge is -1.21. The second kappa shape index (κ2) is 126000. The van der Waals surface area contributed by atoms with Gasteiger partial charge in [-0.15, -0.1) is 0 Å². The Morgan fingerprint density at radius 1 is 0.357 bits per heavy atom. The van der Waals surface area contributed by atoms with Crippen molar-refractivity contribution in [2.45, 2.75) is 58.4 Å². The van der Waals surface area contributed by atoms with E-state index in [1.807, 2.05) is 13.8 Å². The summed E-state index contributed by atoms with van der Waals surface area (Å²) in [7, 11) is 3.00. The van der Waals surface area contributed by atoms with E-state index >= 15 is 0 Å². The van der Waals surface area contributed by atoms with E-state index in [0.717, 1.165) is 21.3 Å². The number of rotatable bonds is 0. The third-order valence-electron chi connectivity index (χ3n) is 0. The van der Waals surface area contributed by atoms with Crippen LogP contribution in [0.5, 0.6) is 0 Å². The molecule has 0 heterocycles. The summed E-state index contributed by atoms with van der Waals surface area (Å²) >= 11 is 0. The quantitative estimate of drug-likeness (QED) is 0.586. The number of hydrogen-bond donors (Lipinski definition) is 3. The number of aliphatic hydroxyl groups is 3. The molecule has 0 amide bonds. The standard InChI is InChI=1S/C2H6.3CH4O.6CH4/c4*1-2;;;;;;/h1-2H3;3*2H,1H3;6*1H4. The molecule has 0 aliphatic heterocycles. The van der Waals surface area contributed by atoms with Crippen LogP contribution in [-0.2, 0) is 0 Å². The highest BCUT2D eigenvalue weighted by Crippen LogP contribution is 1.14. The van der Waals surface area contributed by atoms with E-state index < -0.39 is 0 Å². The molecule has 0 radical (unpaired) electrons. The van der Waals surface area contributed by atoms with Crippen LogP contribution in [0.3, 0.4) is 0 Å². The van der Waals surface area contributed by atoms with Crippen LogP contribution in [0.2, 0.25) is 0 Å². The number of hydrogen-bond acceptors (Lipinski definition) is 3. The molecule has 0 aliphatic carbocycles. The van der Waals surface area contributed by atoms with Crippen LogP contribution in [0.15, 0.2) is 0 Å². The minimum Gasteiger partial charge on any atom is -0.400 e. The molecule has 104 valence electrons. The van der Waals surface area contributed by atoms with Crippen molar-refractivity contribution < 1.29 is 15.3 Å². The summed E-state index contributed by atoms with van der Waals surface area (Å²) < 4.78 is 0. The molecular weight excluding hydrogens is 180 g/mol. The van der Waals surface area contributed by atoms with Crippen LogP contribution < -0.4 is 0 Å². The Bertz CT molecular complexity index is 10.5. The van der Waals surface area contributed by atoms with Crippen LogP contribution in [0.1, 0.15) is 58.4 Å². The minimum absolute atomic E-state index is 0. The Labute approximate surface area is 95.8 Å². The van der Waals surface area contributed by atoms with Gasteiger partial charge in [0.2, 0.25) is 0 Å². The lowest BCUT2D eigenvalue weighted by Crippen LogP contribution is -1.25. The Morgan fingerprint density at radius 2 is 0.357 bits per heavy atom. The molecule has 0 aromatic heterocycles. The molecule has 3 N–H and O–H groups in total. The highest BCUT2D eigenvalue weighted by atomic mass is 16.2. The fourth-order valence-corrected chi connectivity index (χ4v) is 0. The molecule has 0 saturated heterocycles. The van der Waals surface area contributed by atoms with Crippen LogP contribution in [-0.4, -0.2) is 36.6 Å². The van der Waals surface area contributed by atoms with Gasteiger partial charge in [-0.2, -0.15) is 0 Å². The summed E-state index contributed by atoms with van der Waals surface area (Å²) in [5, 5.41) is 21.0. The van der Waals surface area contributed by atoms with E-state index in [9.17, 15) is 0 Å². The Morgan fingerprint density at radius 3 is 0.357 bits per heavy atom. The first kappa shape index (κ1) is 153. The van der Waals surface area contributed by atoms with Crippen LogP contribution >= 0.6 is 0 Å². The highest BCUT2D eigenvalue weighted by Gasteiger charge is 0.932. The third kappa shape index (κ3) is 97700. The second-order valence-corrected chi connectivity index (χ2v) is 0. The largest absolute Gasteiger partial charge is 0.400 e. The Hall–Kier alpha value is -0.120. The first-order valence-electron chi connectivity index (χ1n) is 2.34. The third-order valence-corrected chi connectivity index (χ3v) is 0. The highest BCUT2D eigenvalue weighted by molar-refractivity contribution is 3.50. The van der Waals surface area contributed by atoms with Crippen LogP contribution in [0, 0.1) is 0 Å². The fourth-order valence-electron chi connectivity index (χ4n) is 0. The second-order valence-electron chi connectivity index (χ2n) is 0. The van der Waals surface area contributed by atoms with Gasteiger partial charge in [0.25, 0.3) is 0 Å². The summed E-state index contributed by atoms with van der Waals surface area (Å²) in [5.74, 6) is 0. The zero-order valence-corrected chi connectivity index (χ0v) is 6.34. The van der Waals surface area contributed by atoms with Crippen molar-refractivity contribution in [2.24, 2.45) is 0 Å². The average molecular weight is 222 g/mol. The molecular formula is C11H42O3. The first-order chi connectivity index (χ1) is 4.00. The maximum absolute atomic E-state index is 7.00. The normalized spacial score (nSPS) is 1.71. The molecule has 0 saturated carbocycles. The summed E-state index contributed by atoms with van der Waals surface area (Å²) in [6.45, 7) is 4.00. The van der Waals surface area contributed by atoms with E-state index in [1.54, 1.807) is 0 Å². The molecule has 14 heavy (non-hydrogen) atoms. The molecule has 0 spiro atoms. The van der Waals surface area contributed by atoms with Crippen molar-refractivity contribution in [3.05, 3.63) is 0 Å². The summed E-state index contributed by atoms with van der Waals surface area (Å²) in [4.78, 5) is 0. The van der Waals surface area contributed by atoms with Gasteiger partial charge in [0.1, 0.15) is 0 Å². The van der Waals surface area contributed by atoms with Crippen LogP contribution in [0.25, 0.3) is 0 Å². The van der Waals surface area contributed by atoms with Gasteiger partial charge in [0, 0.05) is 21.3 Å². The molecule has 3 nitrogen and oxygen atoms in total. The van der Waals surface area contributed by atoms with Gasteiger partial charge in [0.05, 0.1) is 0 Å². The average Bonchev–Trinajstić information content (AvgIpc) is 2.03. The van der Waals surface area contributed by atoms with Gasteiger partial charge in [-0.3, -0.25) is 0 Å². The number of aliphatic hydroxyl groups excluding tert-OH is 3. The van der Waals surface area contributed by atoms with E-state index in [0.29, 0.717) is 0 Å². The van der Waals surface area contributed by atoms with Gasteiger partial charge in [-0.1, -0.05) is 58.4 Å². The van der Waals surface area contributed by atoms with E-state index in [4.69, 9.17) is 15.3 Å². The molecule has 0 aromatic carbocycles. The molecule has 0 unspecified atom stereocenters. The van der Waals surface area contributed by atoms with Gasteiger partial charge >= 0.3 is 0 Å². The summed E-state index contributed by atoms with van der Waals surface area (Å²) in [6, 6.07) is 0. The van der Waals surface area contributed by atoms with Crippen molar-refractivity contribution in [1.29, 1.82) is 0 Å². The van der Waals surface area contributed by atoms with Gasteiger partial charge < -0.3 is 15.3 Å². The summed E-state index contributed by atoms with van der Waals surface area (Å²) in [6.07, 6.45) is 0. The Balaban J connectivity index is -0.00000000167. The zero-order valence-electron chi connectivity index (χ0n) is 6.34. The molecule has 0 aromatic rings. The molecule has 0 rings (SSSR count). The molecule has 0 bridgehead atoms. The maximum atomic E-state index is 7.00. The smallest absolute Gasteiger partial charge is 0.0319 e. The lowest BCUT2D eigenvalue weighted by atomic mass is 11.0. The lowest BCUT2D eigenvalue weighted by molar-refractivity contribution is 0.399. The van der Waals surface area contributed by atoms with Gasteiger partial charge in [-0.25, -0.2) is 0 Å². The monoisotopic (exact) mass is 222 g/mol.